The van der Waals surface area contributed by atoms with Crippen LogP contribution in [0.15, 0.2) is 59.7 Å². The first-order chi connectivity index (χ1) is 16.8. The highest BCUT2D eigenvalue weighted by Crippen LogP contribution is 2.22. The number of aliphatic hydroxyl groups excluding tert-OH is 1. The molecule has 8 nitrogen and oxygen atoms in total. The SMILES string of the molecule is N=[S@@]1(=O)CC[C@H](NCc2ccc(C#Cc3ccc(C(CO)Cc4nc[nH]c(=O)c4O)cc3)cc2)C1. The third-order valence-electron chi connectivity index (χ3n) is 6.11. The van der Waals surface area contributed by atoms with Crippen LogP contribution in [0.1, 0.15) is 40.3 Å². The number of aromatic nitrogens is 2. The van der Waals surface area contributed by atoms with Crippen LogP contribution in [0.4, 0.5) is 0 Å². The molecule has 3 atom stereocenters. The van der Waals surface area contributed by atoms with E-state index in [1.807, 2.05) is 48.5 Å². The third-order valence-corrected chi connectivity index (χ3v) is 7.95. The maximum absolute atomic E-state index is 11.8. The van der Waals surface area contributed by atoms with Crippen molar-refractivity contribution in [3.05, 3.63) is 93.2 Å². The molecule has 2 aromatic carbocycles. The minimum atomic E-state index is -2.39. The summed E-state index contributed by atoms with van der Waals surface area (Å²) in [7, 11) is -2.39. The molecule has 182 valence electrons. The Morgan fingerprint density at radius 2 is 1.80 bits per heavy atom. The zero-order valence-corrected chi connectivity index (χ0v) is 20.0. The molecule has 4 rings (SSSR count). The molecule has 1 saturated heterocycles. The van der Waals surface area contributed by atoms with Crippen molar-refractivity contribution < 1.29 is 14.4 Å². The van der Waals surface area contributed by atoms with Gasteiger partial charge < -0.3 is 20.5 Å². The van der Waals surface area contributed by atoms with Gasteiger partial charge in [-0.25, -0.2) is 9.19 Å². The molecule has 0 amide bonds. The molecular weight excluding hydrogens is 464 g/mol. The maximum atomic E-state index is 11.8. The van der Waals surface area contributed by atoms with Crippen LogP contribution in [-0.4, -0.2) is 48.5 Å². The first-order valence-corrected chi connectivity index (χ1v) is 13.3. The van der Waals surface area contributed by atoms with Gasteiger partial charge >= 0.3 is 0 Å². The number of nitrogens with zero attached hydrogens (tertiary/aromatic N) is 1. The molecule has 1 unspecified atom stereocenters. The molecule has 0 saturated carbocycles. The summed E-state index contributed by atoms with van der Waals surface area (Å²) in [5.41, 5.74) is 3.33. The van der Waals surface area contributed by atoms with Gasteiger partial charge in [0.15, 0.2) is 0 Å². The molecule has 1 aliphatic rings. The van der Waals surface area contributed by atoms with Crippen molar-refractivity contribution in [2.24, 2.45) is 0 Å². The molecular formula is C26H28N4O4S. The Labute approximate surface area is 204 Å². The van der Waals surface area contributed by atoms with Crippen LogP contribution in [0.3, 0.4) is 0 Å². The lowest BCUT2D eigenvalue weighted by molar-refractivity contribution is 0.263. The van der Waals surface area contributed by atoms with Crippen molar-refractivity contribution in [2.75, 3.05) is 18.1 Å². The van der Waals surface area contributed by atoms with Crippen LogP contribution in [-0.2, 0) is 22.7 Å². The summed E-state index contributed by atoms with van der Waals surface area (Å²) >= 11 is 0. The van der Waals surface area contributed by atoms with Gasteiger partial charge in [-0.15, -0.1) is 0 Å². The molecule has 0 radical (unpaired) electrons. The lowest BCUT2D eigenvalue weighted by atomic mass is 9.94. The highest BCUT2D eigenvalue weighted by molar-refractivity contribution is 7.92. The van der Waals surface area contributed by atoms with E-state index in [-0.39, 0.29) is 30.7 Å². The van der Waals surface area contributed by atoms with Crippen LogP contribution in [0.2, 0.25) is 0 Å². The summed E-state index contributed by atoms with van der Waals surface area (Å²) in [6, 6.07) is 15.6. The van der Waals surface area contributed by atoms with Crippen molar-refractivity contribution in [2.45, 2.75) is 31.3 Å². The number of benzene rings is 2. The van der Waals surface area contributed by atoms with E-state index in [9.17, 15) is 19.2 Å². The average molecular weight is 493 g/mol. The number of rotatable bonds is 7. The monoisotopic (exact) mass is 492 g/mol. The van der Waals surface area contributed by atoms with Gasteiger partial charge in [0.2, 0.25) is 5.75 Å². The van der Waals surface area contributed by atoms with E-state index in [4.69, 9.17) is 4.78 Å². The van der Waals surface area contributed by atoms with E-state index in [1.165, 1.54) is 6.33 Å². The maximum Gasteiger partial charge on any atom is 0.293 e. The zero-order valence-electron chi connectivity index (χ0n) is 19.2. The summed E-state index contributed by atoms with van der Waals surface area (Å²) in [6.45, 7) is 0.523. The van der Waals surface area contributed by atoms with Gasteiger partial charge in [0.1, 0.15) is 0 Å². The topological polar surface area (TPSA) is 139 Å². The third kappa shape index (κ3) is 6.57. The number of aromatic hydroxyl groups is 1. The molecule has 1 aliphatic heterocycles. The number of H-pyrrole nitrogens is 1. The first-order valence-electron chi connectivity index (χ1n) is 11.4. The molecule has 0 bridgehead atoms. The van der Waals surface area contributed by atoms with E-state index in [2.05, 4.69) is 27.1 Å². The van der Waals surface area contributed by atoms with E-state index in [0.717, 1.165) is 28.7 Å². The number of hydrogen-bond donors (Lipinski definition) is 5. The number of hydrogen-bond acceptors (Lipinski definition) is 7. The lowest BCUT2D eigenvalue weighted by Crippen LogP contribution is -2.29. The van der Waals surface area contributed by atoms with Crippen LogP contribution in [0, 0.1) is 16.6 Å². The van der Waals surface area contributed by atoms with Crippen molar-refractivity contribution >= 4 is 9.73 Å². The van der Waals surface area contributed by atoms with Crippen LogP contribution < -0.4 is 10.9 Å². The minimum absolute atomic E-state index is 0.144. The second-order valence-electron chi connectivity index (χ2n) is 8.73. The molecule has 3 aromatic rings. The van der Waals surface area contributed by atoms with Gasteiger partial charge in [0, 0.05) is 57.3 Å². The van der Waals surface area contributed by atoms with Crippen LogP contribution >= 0.6 is 0 Å². The molecule has 1 fully saturated rings. The molecule has 5 N–H and O–H groups in total. The molecule has 2 heterocycles. The van der Waals surface area contributed by atoms with Crippen LogP contribution in [0.5, 0.6) is 5.75 Å². The zero-order chi connectivity index (χ0) is 24.8. The van der Waals surface area contributed by atoms with Gasteiger partial charge in [-0.3, -0.25) is 9.57 Å². The number of aliphatic hydroxyl groups is 1. The molecule has 1 aromatic heterocycles. The fraction of sp³-hybridized carbons (Fsp3) is 0.308. The standard InChI is InChI=1S/C26H28N4O4S/c27-35(34)12-11-23(16-35)28-14-20-5-3-18(4-6-20)1-2-19-7-9-21(10-8-19)22(15-31)13-24-25(32)26(33)30-17-29-24/h3-10,17,22-23,27-28,31-32H,11-16H2,(H,29,30,33)/t22?,23-,35+/m0/s1. The summed E-state index contributed by atoms with van der Waals surface area (Å²) in [6.07, 6.45) is 2.26. The predicted octanol–water partition coefficient (Wildman–Crippen LogP) is 2.10. The second-order valence-corrected chi connectivity index (χ2v) is 11.1. The Hall–Kier alpha value is -3.45. The van der Waals surface area contributed by atoms with E-state index >= 15 is 0 Å². The van der Waals surface area contributed by atoms with E-state index in [1.54, 1.807) is 0 Å². The number of aromatic amines is 1. The summed E-state index contributed by atoms with van der Waals surface area (Å²) in [5, 5.41) is 23.1. The van der Waals surface area contributed by atoms with Gasteiger partial charge in [-0.2, -0.15) is 0 Å². The summed E-state index contributed by atoms with van der Waals surface area (Å²) in [5.74, 6) is 6.46. The van der Waals surface area contributed by atoms with Crippen molar-refractivity contribution in [3.63, 3.8) is 0 Å². The molecule has 9 heteroatoms. The molecule has 0 aliphatic carbocycles. The summed E-state index contributed by atoms with van der Waals surface area (Å²) < 4.78 is 19.5. The largest absolute Gasteiger partial charge is 0.502 e. The highest BCUT2D eigenvalue weighted by atomic mass is 32.2. The van der Waals surface area contributed by atoms with Gasteiger partial charge in [0.05, 0.1) is 18.6 Å². The van der Waals surface area contributed by atoms with Gasteiger partial charge in [-0.1, -0.05) is 36.1 Å². The van der Waals surface area contributed by atoms with Crippen molar-refractivity contribution in [1.82, 2.24) is 15.3 Å². The Morgan fingerprint density at radius 3 is 2.40 bits per heavy atom. The number of nitrogens with one attached hydrogen (secondary N) is 3. The Morgan fingerprint density at radius 1 is 1.14 bits per heavy atom. The second kappa shape index (κ2) is 10.9. The molecule has 35 heavy (non-hydrogen) atoms. The average Bonchev–Trinajstić information content (AvgIpc) is 3.22. The molecule has 0 spiro atoms. The first kappa shape index (κ1) is 24.7. The minimum Gasteiger partial charge on any atom is -0.502 e. The van der Waals surface area contributed by atoms with Gasteiger partial charge in [0.25, 0.3) is 5.56 Å². The van der Waals surface area contributed by atoms with Crippen molar-refractivity contribution in [3.8, 4) is 17.6 Å². The van der Waals surface area contributed by atoms with E-state index < -0.39 is 21.0 Å². The van der Waals surface area contributed by atoms with Crippen LogP contribution in [0.25, 0.3) is 0 Å². The Balaban J connectivity index is 1.35. The Bertz CT molecular complexity index is 1390. The smallest absolute Gasteiger partial charge is 0.293 e. The fourth-order valence-electron chi connectivity index (χ4n) is 4.04. The summed E-state index contributed by atoms with van der Waals surface area (Å²) in [4.78, 5) is 17.9. The fourth-order valence-corrected chi connectivity index (χ4v) is 5.80. The lowest BCUT2D eigenvalue weighted by Gasteiger charge is -2.14. The highest BCUT2D eigenvalue weighted by Gasteiger charge is 2.24. The van der Waals surface area contributed by atoms with Gasteiger partial charge in [-0.05, 0) is 41.8 Å². The quantitative estimate of drug-likeness (QED) is 0.320. The van der Waals surface area contributed by atoms with E-state index in [0.29, 0.717) is 18.1 Å². The Kier molecular flexibility index (Phi) is 7.66. The normalized spacial score (nSPS) is 20.2. The predicted molar refractivity (Wildman–Crippen MR) is 135 cm³/mol. The van der Waals surface area contributed by atoms with Crippen molar-refractivity contribution in [1.29, 1.82) is 4.78 Å².